The van der Waals surface area contributed by atoms with Crippen LogP contribution in [0.15, 0.2) is 6.07 Å². The van der Waals surface area contributed by atoms with Crippen molar-refractivity contribution < 1.29 is 14.3 Å². The Kier molecular flexibility index (Phi) is 6.71. The van der Waals surface area contributed by atoms with Gasteiger partial charge in [0.25, 0.3) is 5.91 Å². The average Bonchev–Trinajstić information content (AvgIpc) is 2.69. The predicted octanol–water partition coefficient (Wildman–Crippen LogP) is 3.18. The summed E-state index contributed by atoms with van der Waals surface area (Å²) in [6, 6.07) is 1.56. The van der Waals surface area contributed by atoms with Crippen molar-refractivity contribution in [2.24, 2.45) is 11.8 Å². The number of nitrogen functional groups attached to an aromatic ring is 1. The minimum Gasteiger partial charge on any atom is -0.485 e. The van der Waals surface area contributed by atoms with Crippen LogP contribution in [-0.2, 0) is 0 Å². The summed E-state index contributed by atoms with van der Waals surface area (Å²) in [7, 11) is 0. The molecule has 0 aliphatic carbocycles. The summed E-state index contributed by atoms with van der Waals surface area (Å²) in [5.74, 6) is 1.81. The Morgan fingerprint density at radius 2 is 2.00 bits per heavy atom. The molecule has 1 amide bonds. The highest BCUT2D eigenvalue weighted by molar-refractivity contribution is 6.34. The average molecular weight is 396 g/mol. The molecule has 1 fully saturated rings. The van der Waals surface area contributed by atoms with E-state index in [-0.39, 0.29) is 5.91 Å². The first-order chi connectivity index (χ1) is 13.0. The number of piperidine rings is 1. The van der Waals surface area contributed by atoms with Gasteiger partial charge in [0.1, 0.15) is 13.2 Å². The molecule has 1 atom stereocenters. The van der Waals surface area contributed by atoms with Crippen LogP contribution in [0.4, 0.5) is 5.69 Å². The zero-order valence-corrected chi connectivity index (χ0v) is 17.0. The number of anilines is 1. The second-order valence-electron chi connectivity index (χ2n) is 7.64. The second-order valence-corrected chi connectivity index (χ2v) is 8.05. The Morgan fingerprint density at radius 1 is 1.33 bits per heavy atom. The molecule has 0 bridgehead atoms. The van der Waals surface area contributed by atoms with Crippen molar-refractivity contribution in [2.45, 2.75) is 33.1 Å². The van der Waals surface area contributed by atoms with Crippen molar-refractivity contribution in [3.63, 3.8) is 0 Å². The molecule has 150 valence electrons. The molecule has 2 heterocycles. The highest BCUT2D eigenvalue weighted by Gasteiger charge is 2.26. The first-order valence-electron chi connectivity index (χ1n) is 9.87. The summed E-state index contributed by atoms with van der Waals surface area (Å²) in [6.07, 6.45) is 3.43. The standard InChI is InChI=1S/C20H30ClN3O3/c1-3-13(2)12-24-6-4-14(5-7-24)11-23-20(25)15-10-16(21)17(22)19-18(15)26-8-9-27-19/h10,13-14H,3-9,11-12,22H2,1-2H3,(H,23,25). The van der Waals surface area contributed by atoms with Crippen LogP contribution >= 0.6 is 11.6 Å². The van der Waals surface area contributed by atoms with Gasteiger partial charge in [0.05, 0.1) is 16.3 Å². The minimum atomic E-state index is -0.194. The number of nitrogens with two attached hydrogens (primary N) is 1. The van der Waals surface area contributed by atoms with Gasteiger partial charge in [-0.2, -0.15) is 0 Å². The number of halogens is 1. The van der Waals surface area contributed by atoms with Crippen molar-refractivity contribution >= 4 is 23.2 Å². The van der Waals surface area contributed by atoms with E-state index in [1.165, 1.54) is 13.0 Å². The smallest absolute Gasteiger partial charge is 0.255 e. The molecule has 27 heavy (non-hydrogen) atoms. The van der Waals surface area contributed by atoms with E-state index in [2.05, 4.69) is 24.1 Å². The van der Waals surface area contributed by atoms with E-state index < -0.39 is 0 Å². The monoisotopic (exact) mass is 395 g/mol. The van der Waals surface area contributed by atoms with E-state index in [9.17, 15) is 4.79 Å². The van der Waals surface area contributed by atoms with E-state index in [4.69, 9.17) is 26.8 Å². The number of fused-ring (bicyclic) bond motifs is 1. The van der Waals surface area contributed by atoms with Crippen LogP contribution in [0.1, 0.15) is 43.5 Å². The fourth-order valence-electron chi connectivity index (χ4n) is 3.64. The molecule has 1 saturated heterocycles. The number of rotatable bonds is 6. The number of amides is 1. The molecule has 3 rings (SSSR count). The number of hydrogen-bond donors (Lipinski definition) is 2. The first-order valence-corrected chi connectivity index (χ1v) is 10.3. The molecule has 2 aliphatic heterocycles. The maximum Gasteiger partial charge on any atom is 0.255 e. The molecule has 6 nitrogen and oxygen atoms in total. The van der Waals surface area contributed by atoms with E-state index in [1.54, 1.807) is 6.07 Å². The Bertz CT molecular complexity index is 675. The number of hydrogen-bond acceptors (Lipinski definition) is 5. The third kappa shape index (κ3) is 4.79. The number of nitrogens with one attached hydrogen (secondary N) is 1. The van der Waals surface area contributed by atoms with Crippen molar-refractivity contribution in [2.75, 3.05) is 45.1 Å². The summed E-state index contributed by atoms with van der Waals surface area (Å²) in [6.45, 7) is 9.36. The summed E-state index contributed by atoms with van der Waals surface area (Å²) < 4.78 is 11.2. The first kappa shape index (κ1) is 20.1. The summed E-state index contributed by atoms with van der Waals surface area (Å²) in [4.78, 5) is 15.3. The van der Waals surface area contributed by atoms with Gasteiger partial charge in [0, 0.05) is 13.1 Å². The Morgan fingerprint density at radius 3 is 2.67 bits per heavy atom. The van der Waals surface area contributed by atoms with Crippen LogP contribution in [0.5, 0.6) is 11.5 Å². The lowest BCUT2D eigenvalue weighted by atomic mass is 9.95. The highest BCUT2D eigenvalue weighted by atomic mass is 35.5. The van der Waals surface area contributed by atoms with E-state index in [1.807, 2.05) is 0 Å². The van der Waals surface area contributed by atoms with Gasteiger partial charge in [0.2, 0.25) is 0 Å². The molecular weight excluding hydrogens is 366 g/mol. The van der Waals surface area contributed by atoms with Crippen LogP contribution in [0, 0.1) is 11.8 Å². The third-order valence-corrected chi connectivity index (χ3v) is 5.88. The van der Waals surface area contributed by atoms with E-state index in [0.717, 1.165) is 31.8 Å². The van der Waals surface area contributed by atoms with Crippen molar-refractivity contribution in [1.82, 2.24) is 10.2 Å². The van der Waals surface area contributed by atoms with Crippen molar-refractivity contribution in [3.05, 3.63) is 16.7 Å². The lowest BCUT2D eigenvalue weighted by Gasteiger charge is -2.33. The number of likely N-dealkylation sites (tertiary alicyclic amines) is 1. The molecule has 0 spiro atoms. The SMILES string of the molecule is CCC(C)CN1CCC(CNC(=O)c2cc(Cl)c(N)c3c2OCCO3)CC1. The highest BCUT2D eigenvalue weighted by Crippen LogP contribution is 2.43. The van der Waals surface area contributed by atoms with Gasteiger partial charge in [-0.25, -0.2) is 0 Å². The van der Waals surface area contributed by atoms with Gasteiger partial charge in [-0.3, -0.25) is 4.79 Å². The fourth-order valence-corrected chi connectivity index (χ4v) is 3.84. The second kappa shape index (κ2) is 9.02. The van der Waals surface area contributed by atoms with E-state index >= 15 is 0 Å². The largest absolute Gasteiger partial charge is 0.485 e. The number of benzene rings is 1. The van der Waals surface area contributed by atoms with E-state index in [0.29, 0.717) is 53.4 Å². The molecule has 3 N–H and O–H groups in total. The van der Waals surface area contributed by atoms with Gasteiger partial charge in [0.15, 0.2) is 11.5 Å². The molecule has 7 heteroatoms. The quantitative estimate of drug-likeness (QED) is 0.723. The third-order valence-electron chi connectivity index (χ3n) is 5.57. The maximum absolute atomic E-state index is 12.7. The molecule has 1 aromatic carbocycles. The normalized spacial score (nSPS) is 18.9. The number of ether oxygens (including phenoxy) is 2. The molecule has 0 aromatic heterocycles. The number of carbonyl (C=O) groups is 1. The summed E-state index contributed by atoms with van der Waals surface area (Å²) in [5.41, 5.74) is 6.65. The zero-order valence-electron chi connectivity index (χ0n) is 16.2. The van der Waals surface area contributed by atoms with Gasteiger partial charge >= 0.3 is 0 Å². The molecule has 2 aliphatic rings. The van der Waals surface area contributed by atoms with Gasteiger partial charge < -0.3 is 25.4 Å². The fraction of sp³-hybridized carbons (Fsp3) is 0.650. The summed E-state index contributed by atoms with van der Waals surface area (Å²) >= 11 is 6.17. The van der Waals surface area contributed by atoms with Crippen LogP contribution in [0.25, 0.3) is 0 Å². The molecule has 1 aromatic rings. The van der Waals surface area contributed by atoms with Gasteiger partial charge in [-0.1, -0.05) is 31.9 Å². The summed E-state index contributed by atoms with van der Waals surface area (Å²) in [5, 5.41) is 3.35. The zero-order chi connectivity index (χ0) is 19.4. The number of nitrogens with zero attached hydrogens (tertiary/aromatic N) is 1. The van der Waals surface area contributed by atoms with Crippen LogP contribution in [-0.4, -0.2) is 50.2 Å². The van der Waals surface area contributed by atoms with Gasteiger partial charge in [-0.05, 0) is 43.8 Å². The topological polar surface area (TPSA) is 76.8 Å². The Labute approximate surface area is 166 Å². The maximum atomic E-state index is 12.7. The van der Waals surface area contributed by atoms with Crippen molar-refractivity contribution in [3.8, 4) is 11.5 Å². The predicted molar refractivity (Wildman–Crippen MR) is 108 cm³/mol. The molecule has 0 saturated carbocycles. The van der Waals surface area contributed by atoms with Crippen LogP contribution in [0.3, 0.4) is 0 Å². The Balaban J connectivity index is 1.56. The minimum absolute atomic E-state index is 0.194. The lowest BCUT2D eigenvalue weighted by Crippen LogP contribution is -2.40. The van der Waals surface area contributed by atoms with Crippen molar-refractivity contribution in [1.29, 1.82) is 0 Å². The van der Waals surface area contributed by atoms with Crippen LogP contribution in [0.2, 0.25) is 5.02 Å². The Hall–Kier alpha value is -1.66. The molecule has 1 unspecified atom stereocenters. The van der Waals surface area contributed by atoms with Gasteiger partial charge in [-0.15, -0.1) is 0 Å². The molecular formula is C20H30ClN3O3. The lowest BCUT2D eigenvalue weighted by molar-refractivity contribution is 0.0923. The molecule has 0 radical (unpaired) electrons. The number of carbonyl (C=O) groups excluding carboxylic acids is 1. The van der Waals surface area contributed by atoms with Crippen LogP contribution < -0.4 is 20.5 Å².